The number of hydrogen-bond donors (Lipinski definition) is 3. The molecule has 18 heteroatoms. The lowest BCUT2D eigenvalue weighted by Crippen LogP contribution is -2.43. The number of nitrogen functional groups attached to an aromatic ring is 2. The average Bonchev–Trinajstić information content (AvgIpc) is 3.27. The van der Waals surface area contributed by atoms with Crippen molar-refractivity contribution in [3.8, 4) is 23.0 Å². The van der Waals surface area contributed by atoms with Crippen molar-refractivity contribution in [2.75, 3.05) is 92.3 Å². The van der Waals surface area contributed by atoms with Crippen molar-refractivity contribution in [1.82, 2.24) is 15.2 Å². The molecule has 6 rings (SSSR count). The Hall–Kier alpha value is -5.85. The number of benzene rings is 3. The van der Waals surface area contributed by atoms with Crippen molar-refractivity contribution in [3.05, 3.63) is 72.4 Å². The highest BCUT2D eigenvalue weighted by atomic mass is 19.4. The van der Waals surface area contributed by atoms with E-state index in [-0.39, 0.29) is 23.4 Å². The number of carbonyl (C=O) groups excluding carboxylic acids is 3. The second-order valence-electron chi connectivity index (χ2n) is 15.3. The number of pyridine rings is 1. The number of nitrogens with two attached hydrogens (primary N) is 2. The highest BCUT2D eigenvalue weighted by Crippen LogP contribution is 2.39. The van der Waals surface area contributed by atoms with Gasteiger partial charge < -0.3 is 64.6 Å². The zero-order valence-corrected chi connectivity index (χ0v) is 38.8. The van der Waals surface area contributed by atoms with Gasteiger partial charge in [-0.1, -0.05) is 6.07 Å². The first-order valence-electron chi connectivity index (χ1n) is 20.3. The third kappa shape index (κ3) is 19.3. The van der Waals surface area contributed by atoms with E-state index in [1.54, 1.807) is 70.8 Å². The predicted molar refractivity (Wildman–Crippen MR) is 246 cm³/mol. The van der Waals surface area contributed by atoms with Gasteiger partial charge in [0.05, 0.1) is 25.3 Å². The molecule has 5 N–H and O–H groups in total. The van der Waals surface area contributed by atoms with Crippen LogP contribution in [0, 0.1) is 5.92 Å². The van der Waals surface area contributed by atoms with Crippen LogP contribution in [-0.2, 0) is 30.0 Å². The number of likely N-dealkylation sites (tertiary alicyclic amines) is 1. The number of alkyl halides is 3. The van der Waals surface area contributed by atoms with E-state index in [2.05, 4.69) is 19.8 Å². The van der Waals surface area contributed by atoms with Crippen molar-refractivity contribution < 1.29 is 56.0 Å². The van der Waals surface area contributed by atoms with Crippen LogP contribution in [0.2, 0.25) is 0 Å². The molecular formula is C46H67F3N6O9. The lowest BCUT2D eigenvalue weighted by Gasteiger charge is -2.35. The van der Waals surface area contributed by atoms with Crippen molar-refractivity contribution in [1.29, 1.82) is 0 Å². The highest BCUT2D eigenvalue weighted by Gasteiger charge is 2.36. The molecule has 0 bridgehead atoms. The maximum absolute atomic E-state index is 13.0. The number of halogens is 3. The van der Waals surface area contributed by atoms with Gasteiger partial charge >= 0.3 is 12.3 Å². The van der Waals surface area contributed by atoms with Crippen LogP contribution in [0.25, 0.3) is 10.9 Å². The summed E-state index contributed by atoms with van der Waals surface area (Å²) in [5, 5.41) is 4.00. The van der Waals surface area contributed by atoms with Gasteiger partial charge in [0.15, 0.2) is 11.5 Å². The van der Waals surface area contributed by atoms with Crippen molar-refractivity contribution in [3.63, 3.8) is 0 Å². The number of methoxy groups -OCH3 is 4. The molecule has 2 aliphatic rings. The molecule has 2 saturated heterocycles. The molecule has 356 valence electrons. The quantitative estimate of drug-likeness (QED) is 0.119. The van der Waals surface area contributed by atoms with Crippen LogP contribution in [-0.4, -0.2) is 117 Å². The summed E-state index contributed by atoms with van der Waals surface area (Å²) in [6.07, 6.45) is 1.38. The van der Waals surface area contributed by atoms with E-state index in [1.165, 1.54) is 12.1 Å². The van der Waals surface area contributed by atoms with Crippen LogP contribution >= 0.6 is 0 Å². The fourth-order valence-corrected chi connectivity index (χ4v) is 6.32. The van der Waals surface area contributed by atoms with Gasteiger partial charge in [0.1, 0.15) is 30.2 Å². The standard InChI is InChI=1S/C17H16N2O3.C13H18F3N3.C11H19NO3.2C2H6O.CH2O/c1-20-16-9-13-14(10-17(16)21-2)19-7-6-15(13)22-12-5-3-4-11(18)8-12;1-18-10-4-6-19(7-5-10)12-3-2-9(17)8-11(12)13(14,15)16;1-11(2,3)15-10(14)12-6-4-5-9(7-12)8-13;2*1-3-2;1-2/h3-10H,18H2,1-2H3;2-3,8,10,18H,4-7,17H2,1H3;8-9H,4-7H2,1-3H3;2*1-2H3;1H2. The second kappa shape index (κ2) is 28.8. The summed E-state index contributed by atoms with van der Waals surface area (Å²) in [7, 11) is 11.6. The van der Waals surface area contributed by atoms with E-state index in [9.17, 15) is 22.8 Å². The third-order valence-corrected chi connectivity index (χ3v) is 9.16. The Kier molecular flexibility index (Phi) is 25.2. The number of anilines is 3. The van der Waals surface area contributed by atoms with Crippen LogP contribution in [0.5, 0.6) is 23.0 Å². The summed E-state index contributed by atoms with van der Waals surface area (Å²) in [6.45, 7) is 9.96. The highest BCUT2D eigenvalue weighted by molar-refractivity contribution is 5.88. The molecule has 3 heterocycles. The Morgan fingerprint density at radius 3 is 1.95 bits per heavy atom. The average molecular weight is 905 g/mol. The summed E-state index contributed by atoms with van der Waals surface area (Å²) >= 11 is 0. The van der Waals surface area contributed by atoms with Gasteiger partial charge in [0.25, 0.3) is 0 Å². The Morgan fingerprint density at radius 1 is 0.828 bits per heavy atom. The Labute approximate surface area is 375 Å². The second-order valence-corrected chi connectivity index (χ2v) is 15.3. The van der Waals surface area contributed by atoms with E-state index < -0.39 is 17.3 Å². The minimum Gasteiger partial charge on any atom is -0.493 e. The van der Waals surface area contributed by atoms with Gasteiger partial charge in [-0.15, -0.1) is 0 Å². The predicted octanol–water partition coefficient (Wildman–Crippen LogP) is 8.28. The fraction of sp³-hybridized carbons (Fsp3) is 0.478. The molecule has 0 saturated carbocycles. The van der Waals surface area contributed by atoms with E-state index in [0.29, 0.717) is 60.9 Å². The molecule has 2 aliphatic heterocycles. The number of piperidine rings is 2. The number of hydrogen-bond acceptors (Lipinski definition) is 14. The van der Waals surface area contributed by atoms with Gasteiger partial charge in [0, 0.05) is 107 Å². The topological polar surface area (TPSA) is 190 Å². The zero-order valence-electron chi connectivity index (χ0n) is 38.8. The molecule has 2 fully saturated rings. The van der Waals surface area contributed by atoms with E-state index in [0.717, 1.165) is 48.9 Å². The number of nitrogens with one attached hydrogen (secondary N) is 1. The normalized spacial score (nSPS) is 14.7. The third-order valence-electron chi connectivity index (χ3n) is 9.16. The molecule has 3 aromatic carbocycles. The van der Waals surface area contributed by atoms with Gasteiger partial charge in [-0.2, -0.15) is 13.2 Å². The fourth-order valence-electron chi connectivity index (χ4n) is 6.32. The van der Waals surface area contributed by atoms with Gasteiger partial charge in [-0.25, -0.2) is 4.79 Å². The molecule has 0 aliphatic carbocycles. The molecular weight excluding hydrogens is 838 g/mol. The van der Waals surface area contributed by atoms with Crippen molar-refractivity contribution >= 4 is 47.1 Å². The van der Waals surface area contributed by atoms with E-state index >= 15 is 0 Å². The number of aromatic nitrogens is 1. The summed E-state index contributed by atoms with van der Waals surface area (Å²) in [6, 6.07) is 17.1. The number of carbonyl (C=O) groups is 3. The molecule has 1 aromatic heterocycles. The van der Waals surface area contributed by atoms with E-state index in [4.69, 9.17) is 35.2 Å². The molecule has 0 radical (unpaired) electrons. The number of rotatable bonds is 7. The largest absolute Gasteiger partial charge is 0.493 e. The molecule has 15 nitrogen and oxygen atoms in total. The maximum atomic E-state index is 13.0. The Morgan fingerprint density at radius 2 is 1.42 bits per heavy atom. The van der Waals surface area contributed by atoms with Crippen molar-refractivity contribution in [2.45, 2.75) is 64.3 Å². The van der Waals surface area contributed by atoms with Gasteiger partial charge in [-0.3, -0.25) is 4.98 Å². The summed E-state index contributed by atoms with van der Waals surface area (Å²) < 4.78 is 69.4. The first-order valence-corrected chi connectivity index (χ1v) is 20.3. The van der Waals surface area contributed by atoms with Crippen LogP contribution in [0.1, 0.15) is 52.0 Å². The lowest BCUT2D eigenvalue weighted by atomic mass is 10.0. The minimum absolute atomic E-state index is 0.0220. The smallest absolute Gasteiger partial charge is 0.418 e. The number of fused-ring (bicyclic) bond motifs is 1. The van der Waals surface area contributed by atoms with E-state index in [1.807, 2.05) is 64.9 Å². The van der Waals surface area contributed by atoms with Crippen LogP contribution in [0.4, 0.5) is 35.0 Å². The molecule has 64 heavy (non-hydrogen) atoms. The molecule has 0 spiro atoms. The first-order chi connectivity index (χ1) is 30.4. The summed E-state index contributed by atoms with van der Waals surface area (Å²) in [5.41, 5.74) is 11.9. The zero-order chi connectivity index (χ0) is 48.5. The summed E-state index contributed by atoms with van der Waals surface area (Å²) in [5.74, 6) is 2.58. The maximum Gasteiger partial charge on any atom is 0.418 e. The number of ether oxygens (including phenoxy) is 6. The summed E-state index contributed by atoms with van der Waals surface area (Å²) in [4.78, 5) is 38.0. The number of aldehydes is 1. The van der Waals surface area contributed by atoms with Crippen LogP contribution in [0.3, 0.4) is 0 Å². The first kappa shape index (κ1) is 56.2. The molecule has 4 aromatic rings. The van der Waals surface area contributed by atoms with Gasteiger partial charge in [-0.05, 0) is 96.0 Å². The molecule has 1 amide bonds. The van der Waals surface area contributed by atoms with Crippen LogP contribution in [0.15, 0.2) is 66.9 Å². The SMILES string of the molecule is C=O.CC(C)(C)OC(=O)N1CCCC(C=O)C1.CNC1CCN(c2ccc(N)cc2C(F)(F)F)CC1.COC.COC.COc1cc2nccc(Oc3cccc(N)c3)c2cc1OC. The minimum atomic E-state index is -4.37. The Bertz CT molecular complexity index is 1970. The number of amides is 1. The molecule has 1 atom stereocenters. The monoisotopic (exact) mass is 904 g/mol. The van der Waals surface area contributed by atoms with Crippen LogP contribution < -0.4 is 35.9 Å². The molecule has 1 unspecified atom stereocenters. The number of nitrogens with zero attached hydrogens (tertiary/aromatic N) is 3. The lowest BCUT2D eigenvalue weighted by molar-refractivity contribution is -0.137. The Balaban J connectivity index is 0.000000449. The van der Waals surface area contributed by atoms with Crippen molar-refractivity contribution in [2.24, 2.45) is 5.92 Å². The van der Waals surface area contributed by atoms with Gasteiger partial charge in [0.2, 0.25) is 0 Å².